The van der Waals surface area contributed by atoms with Gasteiger partial charge in [-0.2, -0.15) is 5.10 Å². The van der Waals surface area contributed by atoms with E-state index < -0.39 is 0 Å². The maximum Gasteiger partial charge on any atom is 0.274 e. The zero-order valence-corrected chi connectivity index (χ0v) is 13.5. The summed E-state index contributed by atoms with van der Waals surface area (Å²) in [6.07, 6.45) is 3.87. The Bertz CT molecular complexity index is 815. The second-order valence-corrected chi connectivity index (χ2v) is 6.50. The van der Waals surface area contributed by atoms with Gasteiger partial charge in [-0.1, -0.05) is 0 Å². The number of nitrogens with zero attached hydrogens (tertiary/aromatic N) is 5. The first kappa shape index (κ1) is 15.0. The first-order chi connectivity index (χ1) is 11.6. The molecule has 0 spiro atoms. The van der Waals surface area contributed by atoms with Crippen molar-refractivity contribution in [3.63, 3.8) is 0 Å². The fraction of sp³-hybridized carbons (Fsp3) is 0.562. The van der Waals surface area contributed by atoms with Crippen LogP contribution in [0.4, 0.5) is 0 Å². The number of likely N-dealkylation sites (tertiary alicyclic amines) is 1. The van der Waals surface area contributed by atoms with E-state index in [1.807, 2.05) is 0 Å². The van der Waals surface area contributed by atoms with Crippen molar-refractivity contribution in [1.29, 1.82) is 0 Å². The van der Waals surface area contributed by atoms with Crippen LogP contribution in [-0.2, 0) is 7.05 Å². The Morgan fingerprint density at radius 2 is 1.71 bits per heavy atom. The van der Waals surface area contributed by atoms with Crippen LogP contribution < -0.4 is 5.56 Å². The minimum atomic E-state index is -0.229. The Kier molecular flexibility index (Phi) is 3.66. The Morgan fingerprint density at radius 1 is 1.08 bits per heavy atom. The predicted molar refractivity (Wildman–Crippen MR) is 83.6 cm³/mol. The SMILES string of the molecule is Cn1nc(C(=O)N2CCC(c3nnc(C4CC4)o3)CC2)ccc1=O. The van der Waals surface area contributed by atoms with Crippen LogP contribution in [0.15, 0.2) is 21.3 Å². The number of hydrogen-bond donors (Lipinski definition) is 0. The lowest BCUT2D eigenvalue weighted by Gasteiger charge is -2.30. The minimum Gasteiger partial charge on any atom is -0.425 e. The molecule has 1 saturated heterocycles. The highest BCUT2D eigenvalue weighted by Gasteiger charge is 2.32. The molecule has 1 aliphatic heterocycles. The van der Waals surface area contributed by atoms with Crippen LogP contribution in [0.25, 0.3) is 0 Å². The molecule has 126 valence electrons. The molecule has 1 aliphatic carbocycles. The maximum atomic E-state index is 12.5. The van der Waals surface area contributed by atoms with E-state index in [-0.39, 0.29) is 17.4 Å². The van der Waals surface area contributed by atoms with Gasteiger partial charge < -0.3 is 9.32 Å². The van der Waals surface area contributed by atoms with E-state index in [1.165, 1.54) is 16.8 Å². The number of hydrogen-bond acceptors (Lipinski definition) is 6. The molecule has 4 rings (SSSR count). The molecule has 2 fully saturated rings. The third-order valence-corrected chi connectivity index (χ3v) is 4.69. The summed E-state index contributed by atoms with van der Waals surface area (Å²) >= 11 is 0. The summed E-state index contributed by atoms with van der Waals surface area (Å²) in [4.78, 5) is 25.6. The van der Waals surface area contributed by atoms with Gasteiger partial charge in [-0.05, 0) is 31.7 Å². The second kappa shape index (κ2) is 5.85. The van der Waals surface area contributed by atoms with Gasteiger partial charge in [0.05, 0.1) is 0 Å². The summed E-state index contributed by atoms with van der Waals surface area (Å²) < 4.78 is 6.96. The summed E-state index contributed by atoms with van der Waals surface area (Å²) in [6.45, 7) is 1.24. The van der Waals surface area contributed by atoms with Gasteiger partial charge in [0.25, 0.3) is 11.5 Å². The molecular weight excluding hydrogens is 310 g/mol. The van der Waals surface area contributed by atoms with Gasteiger partial charge in [-0.25, -0.2) is 4.68 Å². The molecule has 2 aromatic heterocycles. The van der Waals surface area contributed by atoms with Crippen LogP contribution in [-0.4, -0.2) is 43.9 Å². The topological polar surface area (TPSA) is 94.1 Å². The average molecular weight is 329 g/mol. The molecule has 2 aromatic rings. The fourth-order valence-corrected chi connectivity index (χ4v) is 3.01. The van der Waals surface area contributed by atoms with Gasteiger partial charge in [0, 0.05) is 38.0 Å². The molecule has 8 nitrogen and oxygen atoms in total. The van der Waals surface area contributed by atoms with Gasteiger partial charge >= 0.3 is 0 Å². The van der Waals surface area contributed by atoms with E-state index in [0.29, 0.717) is 30.6 Å². The molecule has 0 N–H and O–H groups in total. The molecule has 0 aromatic carbocycles. The molecule has 0 bridgehead atoms. The molecule has 2 aliphatic rings. The van der Waals surface area contributed by atoms with Crippen molar-refractivity contribution < 1.29 is 9.21 Å². The second-order valence-electron chi connectivity index (χ2n) is 6.50. The van der Waals surface area contributed by atoms with E-state index in [1.54, 1.807) is 11.9 Å². The Labute approximate surface area is 138 Å². The number of rotatable bonds is 3. The summed E-state index contributed by atoms with van der Waals surface area (Å²) in [5, 5.41) is 12.3. The third-order valence-electron chi connectivity index (χ3n) is 4.69. The molecule has 0 atom stereocenters. The Hall–Kier alpha value is -2.51. The van der Waals surface area contributed by atoms with Crippen molar-refractivity contribution in [2.45, 2.75) is 37.5 Å². The molecule has 1 saturated carbocycles. The number of carbonyl (C=O) groups is 1. The highest BCUT2D eigenvalue weighted by molar-refractivity contribution is 5.92. The van der Waals surface area contributed by atoms with Crippen LogP contribution in [0.2, 0.25) is 0 Å². The molecular formula is C16H19N5O3. The lowest BCUT2D eigenvalue weighted by atomic mass is 9.96. The first-order valence-electron chi connectivity index (χ1n) is 8.29. The molecule has 0 radical (unpaired) electrons. The van der Waals surface area contributed by atoms with Gasteiger partial charge in [0.15, 0.2) is 0 Å². The van der Waals surface area contributed by atoms with Crippen molar-refractivity contribution in [3.8, 4) is 0 Å². The van der Waals surface area contributed by atoms with Crippen LogP contribution in [0, 0.1) is 0 Å². The highest BCUT2D eigenvalue weighted by Crippen LogP contribution is 2.40. The van der Waals surface area contributed by atoms with Crippen molar-refractivity contribution in [1.82, 2.24) is 24.9 Å². The number of aryl methyl sites for hydroxylation is 1. The molecule has 3 heterocycles. The summed E-state index contributed by atoms with van der Waals surface area (Å²) in [5.74, 6) is 1.99. The molecule has 24 heavy (non-hydrogen) atoms. The highest BCUT2D eigenvalue weighted by atomic mass is 16.4. The first-order valence-corrected chi connectivity index (χ1v) is 8.29. The minimum absolute atomic E-state index is 0.145. The van der Waals surface area contributed by atoms with Gasteiger partial charge in [-0.15, -0.1) is 10.2 Å². The summed E-state index contributed by atoms with van der Waals surface area (Å²) in [6, 6.07) is 2.85. The lowest BCUT2D eigenvalue weighted by Crippen LogP contribution is -2.39. The molecule has 1 amide bonds. The normalized spacial score (nSPS) is 18.8. The number of carbonyl (C=O) groups excluding carboxylic acids is 1. The predicted octanol–water partition coefficient (Wildman–Crippen LogP) is 1.06. The Morgan fingerprint density at radius 3 is 2.29 bits per heavy atom. The van der Waals surface area contributed by atoms with Crippen LogP contribution >= 0.6 is 0 Å². The average Bonchev–Trinajstić information content (AvgIpc) is 3.34. The van der Waals surface area contributed by atoms with Gasteiger partial charge in [0.2, 0.25) is 11.8 Å². The Balaban J connectivity index is 1.40. The van der Waals surface area contributed by atoms with Crippen molar-refractivity contribution >= 4 is 5.91 Å². The standard InChI is InChI=1S/C16H19N5O3/c1-20-13(22)5-4-12(19-20)16(23)21-8-6-11(7-9-21)15-18-17-14(24-15)10-2-3-10/h4-5,10-11H,2-3,6-9H2,1H3. The van der Waals surface area contributed by atoms with E-state index in [2.05, 4.69) is 15.3 Å². The smallest absolute Gasteiger partial charge is 0.274 e. The van der Waals surface area contributed by atoms with E-state index >= 15 is 0 Å². The van der Waals surface area contributed by atoms with E-state index in [4.69, 9.17) is 4.42 Å². The van der Waals surface area contributed by atoms with Crippen molar-refractivity contribution in [2.24, 2.45) is 7.05 Å². The van der Waals surface area contributed by atoms with Crippen LogP contribution in [0.5, 0.6) is 0 Å². The monoisotopic (exact) mass is 329 g/mol. The molecule has 8 heteroatoms. The largest absolute Gasteiger partial charge is 0.425 e. The quantitative estimate of drug-likeness (QED) is 0.836. The number of amides is 1. The van der Waals surface area contributed by atoms with Gasteiger partial charge in [0.1, 0.15) is 5.69 Å². The lowest BCUT2D eigenvalue weighted by molar-refractivity contribution is 0.0697. The fourth-order valence-electron chi connectivity index (χ4n) is 3.01. The van der Waals surface area contributed by atoms with E-state index in [9.17, 15) is 9.59 Å². The summed E-state index contributed by atoms with van der Waals surface area (Å²) in [5.41, 5.74) is 0.0671. The van der Waals surface area contributed by atoms with Crippen molar-refractivity contribution in [3.05, 3.63) is 40.0 Å². The van der Waals surface area contributed by atoms with Crippen LogP contribution in [0.3, 0.4) is 0 Å². The van der Waals surface area contributed by atoms with Crippen LogP contribution in [0.1, 0.15) is 59.8 Å². The third kappa shape index (κ3) is 2.83. The maximum absolute atomic E-state index is 12.5. The zero-order valence-electron chi connectivity index (χ0n) is 13.5. The zero-order chi connectivity index (χ0) is 16.7. The summed E-state index contributed by atoms with van der Waals surface area (Å²) in [7, 11) is 1.54. The number of piperidine rings is 1. The van der Waals surface area contributed by atoms with Gasteiger partial charge in [-0.3, -0.25) is 9.59 Å². The molecule has 0 unspecified atom stereocenters. The van der Waals surface area contributed by atoms with Crippen molar-refractivity contribution in [2.75, 3.05) is 13.1 Å². The number of aromatic nitrogens is 4. The van der Waals surface area contributed by atoms with E-state index in [0.717, 1.165) is 31.6 Å².